The van der Waals surface area contributed by atoms with Crippen molar-refractivity contribution < 1.29 is 18.3 Å². The first-order valence-corrected chi connectivity index (χ1v) is 6.14. The lowest BCUT2D eigenvalue weighted by molar-refractivity contribution is 0.0540. The standard InChI is InChI=1S/C15H15F2NO2/c1-15(2,3)20-14(19)18-8-4-5-13(18)10-6-7-11(16)12(17)9-10/h4-9H,1-3H3. The molecule has 0 aliphatic carbocycles. The highest BCUT2D eigenvalue weighted by Gasteiger charge is 2.20. The molecule has 0 amide bonds. The zero-order valence-corrected chi connectivity index (χ0v) is 11.5. The highest BCUT2D eigenvalue weighted by Crippen LogP contribution is 2.23. The highest BCUT2D eigenvalue weighted by atomic mass is 19.2. The van der Waals surface area contributed by atoms with Crippen LogP contribution >= 0.6 is 0 Å². The number of rotatable bonds is 1. The zero-order chi connectivity index (χ0) is 14.9. The van der Waals surface area contributed by atoms with Crippen molar-refractivity contribution in [3.63, 3.8) is 0 Å². The van der Waals surface area contributed by atoms with Gasteiger partial charge in [-0.3, -0.25) is 4.57 Å². The molecule has 1 aromatic carbocycles. The van der Waals surface area contributed by atoms with Crippen molar-refractivity contribution in [1.29, 1.82) is 0 Å². The van der Waals surface area contributed by atoms with E-state index in [4.69, 9.17) is 4.74 Å². The molecule has 1 heterocycles. The van der Waals surface area contributed by atoms with Crippen LogP contribution in [-0.4, -0.2) is 16.3 Å². The van der Waals surface area contributed by atoms with Crippen LogP contribution in [0.2, 0.25) is 0 Å². The van der Waals surface area contributed by atoms with Crippen LogP contribution in [0.1, 0.15) is 20.8 Å². The Morgan fingerprint density at radius 3 is 2.45 bits per heavy atom. The Morgan fingerprint density at radius 1 is 1.15 bits per heavy atom. The van der Waals surface area contributed by atoms with Crippen molar-refractivity contribution in [2.45, 2.75) is 26.4 Å². The van der Waals surface area contributed by atoms with E-state index in [2.05, 4.69) is 0 Å². The first-order chi connectivity index (χ1) is 9.28. The van der Waals surface area contributed by atoms with E-state index < -0.39 is 23.3 Å². The van der Waals surface area contributed by atoms with Crippen molar-refractivity contribution in [2.75, 3.05) is 0 Å². The number of ether oxygens (including phenoxy) is 1. The van der Waals surface area contributed by atoms with Gasteiger partial charge in [-0.05, 0) is 51.1 Å². The van der Waals surface area contributed by atoms with Crippen LogP contribution in [0.4, 0.5) is 13.6 Å². The summed E-state index contributed by atoms with van der Waals surface area (Å²) in [6.45, 7) is 5.27. The molecule has 0 saturated heterocycles. The summed E-state index contributed by atoms with van der Waals surface area (Å²) in [6.07, 6.45) is 0.951. The molecule has 0 fully saturated rings. The van der Waals surface area contributed by atoms with E-state index in [1.54, 1.807) is 32.9 Å². The molecule has 0 saturated carbocycles. The summed E-state index contributed by atoms with van der Waals surface area (Å²) in [5.41, 5.74) is 0.213. The second kappa shape index (κ2) is 5.07. The molecular weight excluding hydrogens is 264 g/mol. The molecule has 20 heavy (non-hydrogen) atoms. The summed E-state index contributed by atoms with van der Waals surface area (Å²) in [7, 11) is 0. The van der Waals surface area contributed by atoms with E-state index in [1.807, 2.05) is 0 Å². The molecule has 1 aromatic heterocycles. The van der Waals surface area contributed by atoms with Gasteiger partial charge >= 0.3 is 6.09 Å². The largest absolute Gasteiger partial charge is 0.443 e. The van der Waals surface area contributed by atoms with E-state index in [9.17, 15) is 13.6 Å². The predicted molar refractivity (Wildman–Crippen MR) is 71.4 cm³/mol. The average molecular weight is 279 g/mol. The molecular formula is C15H15F2NO2. The number of hydrogen-bond acceptors (Lipinski definition) is 2. The van der Waals surface area contributed by atoms with Crippen LogP contribution in [0.25, 0.3) is 11.3 Å². The van der Waals surface area contributed by atoms with E-state index in [0.29, 0.717) is 11.3 Å². The summed E-state index contributed by atoms with van der Waals surface area (Å²) >= 11 is 0. The first kappa shape index (κ1) is 14.2. The third kappa shape index (κ3) is 3.04. The van der Waals surface area contributed by atoms with Crippen LogP contribution in [0, 0.1) is 11.6 Å². The maximum atomic E-state index is 13.3. The quantitative estimate of drug-likeness (QED) is 0.782. The fraction of sp³-hybridized carbons (Fsp3) is 0.267. The Labute approximate surface area is 115 Å². The Balaban J connectivity index is 2.37. The van der Waals surface area contributed by atoms with Crippen molar-refractivity contribution in [2.24, 2.45) is 0 Å². The molecule has 0 aliphatic rings. The number of nitrogens with zero attached hydrogens (tertiary/aromatic N) is 1. The molecule has 2 rings (SSSR count). The summed E-state index contributed by atoms with van der Waals surface area (Å²) in [5, 5.41) is 0. The van der Waals surface area contributed by atoms with E-state index in [-0.39, 0.29) is 0 Å². The Bertz CT molecular complexity index is 642. The van der Waals surface area contributed by atoms with Gasteiger partial charge in [0.25, 0.3) is 0 Å². The third-order valence-corrected chi connectivity index (χ3v) is 2.55. The number of carbonyl (C=O) groups excluding carboxylic acids is 1. The van der Waals surface area contributed by atoms with Crippen LogP contribution in [-0.2, 0) is 4.74 Å². The smallest absolute Gasteiger partial charge is 0.418 e. The van der Waals surface area contributed by atoms with Gasteiger partial charge < -0.3 is 4.74 Å². The molecule has 0 spiro atoms. The van der Waals surface area contributed by atoms with E-state index >= 15 is 0 Å². The Kier molecular flexibility index (Phi) is 3.61. The van der Waals surface area contributed by atoms with Gasteiger partial charge in [0.15, 0.2) is 11.6 Å². The van der Waals surface area contributed by atoms with Crippen molar-refractivity contribution in [1.82, 2.24) is 4.57 Å². The Morgan fingerprint density at radius 2 is 1.85 bits per heavy atom. The van der Waals surface area contributed by atoms with Gasteiger partial charge in [-0.2, -0.15) is 0 Å². The highest BCUT2D eigenvalue weighted by molar-refractivity contribution is 5.78. The number of hydrogen-bond donors (Lipinski definition) is 0. The minimum Gasteiger partial charge on any atom is -0.443 e. The first-order valence-electron chi connectivity index (χ1n) is 6.14. The maximum absolute atomic E-state index is 13.3. The molecule has 0 unspecified atom stereocenters. The van der Waals surface area contributed by atoms with Crippen molar-refractivity contribution in [3.05, 3.63) is 48.2 Å². The number of benzene rings is 1. The Hall–Kier alpha value is -2.17. The van der Waals surface area contributed by atoms with Crippen LogP contribution < -0.4 is 0 Å². The fourth-order valence-electron chi connectivity index (χ4n) is 1.74. The van der Waals surface area contributed by atoms with Gasteiger partial charge in [-0.25, -0.2) is 13.6 Å². The molecule has 0 radical (unpaired) electrons. The SMILES string of the molecule is CC(C)(C)OC(=O)n1cccc1-c1ccc(F)c(F)c1. The van der Waals surface area contributed by atoms with Crippen molar-refractivity contribution >= 4 is 6.09 Å². The van der Waals surface area contributed by atoms with E-state index in [1.165, 1.54) is 16.8 Å². The summed E-state index contributed by atoms with van der Waals surface area (Å²) in [4.78, 5) is 12.0. The van der Waals surface area contributed by atoms with Gasteiger partial charge in [-0.1, -0.05) is 0 Å². The summed E-state index contributed by atoms with van der Waals surface area (Å²) in [6, 6.07) is 6.76. The van der Waals surface area contributed by atoms with Gasteiger partial charge in [-0.15, -0.1) is 0 Å². The lowest BCUT2D eigenvalue weighted by Crippen LogP contribution is -2.27. The van der Waals surface area contributed by atoms with E-state index in [0.717, 1.165) is 12.1 Å². The molecule has 0 bridgehead atoms. The second-order valence-electron chi connectivity index (χ2n) is 5.37. The second-order valence-corrected chi connectivity index (χ2v) is 5.37. The summed E-state index contributed by atoms with van der Waals surface area (Å²) in [5.74, 6) is -1.89. The minimum absolute atomic E-state index is 0.403. The van der Waals surface area contributed by atoms with Gasteiger partial charge in [0.05, 0.1) is 5.69 Å². The van der Waals surface area contributed by atoms with Crippen LogP contribution in [0.3, 0.4) is 0 Å². The lowest BCUT2D eigenvalue weighted by Gasteiger charge is -2.20. The monoisotopic (exact) mass is 279 g/mol. The fourth-order valence-corrected chi connectivity index (χ4v) is 1.74. The molecule has 2 aromatic rings. The molecule has 106 valence electrons. The van der Waals surface area contributed by atoms with Crippen LogP contribution in [0.5, 0.6) is 0 Å². The van der Waals surface area contributed by atoms with Crippen molar-refractivity contribution in [3.8, 4) is 11.3 Å². The maximum Gasteiger partial charge on any atom is 0.418 e. The minimum atomic E-state index is -0.959. The molecule has 5 heteroatoms. The molecule has 3 nitrogen and oxygen atoms in total. The number of halogens is 2. The topological polar surface area (TPSA) is 31.2 Å². The van der Waals surface area contributed by atoms with Gasteiger partial charge in [0.2, 0.25) is 0 Å². The molecule has 0 atom stereocenters. The lowest BCUT2D eigenvalue weighted by atomic mass is 10.1. The average Bonchev–Trinajstić information content (AvgIpc) is 2.79. The third-order valence-electron chi connectivity index (χ3n) is 2.55. The number of aromatic nitrogens is 1. The zero-order valence-electron chi connectivity index (χ0n) is 11.5. The van der Waals surface area contributed by atoms with Gasteiger partial charge in [0, 0.05) is 11.8 Å². The van der Waals surface area contributed by atoms with Gasteiger partial charge in [0.1, 0.15) is 5.60 Å². The molecule has 0 N–H and O–H groups in total. The normalized spacial score (nSPS) is 11.4. The number of carbonyl (C=O) groups is 1. The molecule has 0 aliphatic heterocycles. The predicted octanol–water partition coefficient (Wildman–Crippen LogP) is 4.22. The van der Waals surface area contributed by atoms with Crippen LogP contribution in [0.15, 0.2) is 36.5 Å². The summed E-state index contributed by atoms with van der Waals surface area (Å²) < 4.78 is 32.7.